The first-order chi connectivity index (χ1) is 18.1. The van der Waals surface area contributed by atoms with Crippen LogP contribution in [0.1, 0.15) is 90.3 Å². The van der Waals surface area contributed by atoms with Gasteiger partial charge in [-0.2, -0.15) is 5.10 Å². The van der Waals surface area contributed by atoms with Crippen molar-refractivity contribution in [1.29, 1.82) is 0 Å². The van der Waals surface area contributed by atoms with Crippen LogP contribution < -0.4 is 14.8 Å². The lowest BCUT2D eigenvalue weighted by Crippen LogP contribution is -2.58. The van der Waals surface area contributed by atoms with Gasteiger partial charge < -0.3 is 19.9 Å². The molecule has 38 heavy (non-hydrogen) atoms. The van der Waals surface area contributed by atoms with Gasteiger partial charge in [-0.05, 0) is 94.5 Å². The second-order valence-electron chi connectivity index (χ2n) is 12.2. The molecule has 0 saturated heterocycles. The number of aldehydes is 1. The molecule has 0 aliphatic heterocycles. The third kappa shape index (κ3) is 4.77. The number of hydrogen-bond donors (Lipinski definition) is 2. The third-order valence-corrected chi connectivity index (χ3v) is 8.07. The van der Waals surface area contributed by atoms with Gasteiger partial charge in [-0.1, -0.05) is 6.07 Å². The average Bonchev–Trinajstić information content (AvgIpc) is 3.56. The number of hydrogen-bond acceptors (Lipinski definition) is 6. The summed E-state index contributed by atoms with van der Waals surface area (Å²) in [4.78, 5) is 24.5. The zero-order chi connectivity index (χ0) is 26.7. The summed E-state index contributed by atoms with van der Waals surface area (Å²) >= 11 is 0. The first kappa shape index (κ1) is 24.9. The van der Waals surface area contributed by atoms with Crippen LogP contribution in [-0.4, -0.2) is 51.3 Å². The van der Waals surface area contributed by atoms with Gasteiger partial charge in [-0.25, -0.2) is 4.52 Å². The Kier molecular flexibility index (Phi) is 5.98. The summed E-state index contributed by atoms with van der Waals surface area (Å²) in [5.41, 5.74) is 3.26. The van der Waals surface area contributed by atoms with E-state index >= 15 is 0 Å². The molecule has 0 unspecified atom stereocenters. The van der Waals surface area contributed by atoms with E-state index in [2.05, 4.69) is 10.4 Å². The number of amides is 1. The summed E-state index contributed by atoms with van der Waals surface area (Å²) in [6, 6.07) is 9.55. The molecule has 2 heterocycles. The monoisotopic (exact) mass is 517 g/mol. The summed E-state index contributed by atoms with van der Waals surface area (Å²) in [6.45, 7) is 5.61. The number of fused-ring (bicyclic) bond motifs is 1. The number of rotatable bonds is 9. The highest BCUT2D eigenvalue weighted by molar-refractivity contribution is 6.01. The molecule has 0 atom stereocenters. The van der Waals surface area contributed by atoms with Crippen LogP contribution in [0.5, 0.6) is 11.5 Å². The lowest BCUT2D eigenvalue weighted by atomic mass is 9.53. The molecule has 3 fully saturated rings. The van der Waals surface area contributed by atoms with Crippen LogP contribution in [0.3, 0.4) is 0 Å². The average molecular weight is 518 g/mol. The second-order valence-corrected chi connectivity index (χ2v) is 12.2. The molecule has 0 bridgehead atoms. The van der Waals surface area contributed by atoms with E-state index in [1.807, 2.05) is 35.7 Å². The van der Waals surface area contributed by atoms with Gasteiger partial charge in [-0.3, -0.25) is 9.59 Å². The number of nitrogens with zero attached hydrogens (tertiary/aromatic N) is 2. The van der Waals surface area contributed by atoms with Gasteiger partial charge in [0.1, 0.15) is 18.1 Å². The van der Waals surface area contributed by atoms with Gasteiger partial charge in [0.25, 0.3) is 5.91 Å². The van der Waals surface area contributed by atoms with Crippen LogP contribution in [0, 0.1) is 12.3 Å². The van der Waals surface area contributed by atoms with Crippen molar-refractivity contribution < 1.29 is 24.2 Å². The molecular weight excluding hydrogens is 482 g/mol. The third-order valence-electron chi connectivity index (χ3n) is 8.07. The van der Waals surface area contributed by atoms with Gasteiger partial charge in [0.05, 0.1) is 40.2 Å². The maximum Gasteiger partial charge on any atom is 0.255 e. The minimum Gasteiger partial charge on any atom is -0.490 e. The van der Waals surface area contributed by atoms with Crippen LogP contribution in [0.25, 0.3) is 5.52 Å². The maximum absolute atomic E-state index is 13.2. The highest BCUT2D eigenvalue weighted by Crippen LogP contribution is 2.57. The van der Waals surface area contributed by atoms with Gasteiger partial charge in [-0.15, -0.1) is 0 Å². The van der Waals surface area contributed by atoms with Crippen LogP contribution in [0.15, 0.2) is 36.5 Å². The Morgan fingerprint density at radius 1 is 1.18 bits per heavy atom. The molecule has 1 spiro atoms. The maximum atomic E-state index is 13.2. The quantitative estimate of drug-likeness (QED) is 0.402. The molecule has 0 radical (unpaired) electrons. The van der Waals surface area contributed by atoms with E-state index in [-0.39, 0.29) is 30.1 Å². The van der Waals surface area contributed by atoms with E-state index in [0.29, 0.717) is 28.5 Å². The van der Waals surface area contributed by atoms with Gasteiger partial charge in [0.15, 0.2) is 6.29 Å². The normalized spacial score (nSPS) is 24.5. The van der Waals surface area contributed by atoms with Crippen molar-refractivity contribution >= 4 is 17.7 Å². The molecule has 3 aliphatic rings. The molecule has 3 aromatic rings. The number of benzene rings is 1. The summed E-state index contributed by atoms with van der Waals surface area (Å²) in [5, 5.41) is 17.8. The fraction of sp³-hybridized carbons (Fsp3) is 0.500. The van der Waals surface area contributed by atoms with E-state index in [4.69, 9.17) is 9.47 Å². The fourth-order valence-corrected chi connectivity index (χ4v) is 6.03. The summed E-state index contributed by atoms with van der Waals surface area (Å²) < 4.78 is 13.9. The minimum absolute atomic E-state index is 0.103. The van der Waals surface area contributed by atoms with Gasteiger partial charge in [0.2, 0.25) is 0 Å². The lowest BCUT2D eigenvalue weighted by molar-refractivity contribution is -0.0834. The number of ether oxygens (including phenoxy) is 2. The molecule has 2 aromatic heterocycles. The van der Waals surface area contributed by atoms with Crippen LogP contribution in [-0.2, 0) is 0 Å². The molecule has 200 valence electrons. The van der Waals surface area contributed by atoms with Crippen molar-refractivity contribution in [1.82, 2.24) is 14.9 Å². The molecule has 1 aromatic carbocycles. The molecule has 8 nitrogen and oxygen atoms in total. The summed E-state index contributed by atoms with van der Waals surface area (Å²) in [7, 11) is 0. The predicted molar refractivity (Wildman–Crippen MR) is 142 cm³/mol. The molecule has 3 aliphatic carbocycles. The molecule has 6 rings (SSSR count). The Hall–Kier alpha value is -3.39. The number of carbonyl (C=O) groups is 2. The zero-order valence-electron chi connectivity index (χ0n) is 22.2. The van der Waals surface area contributed by atoms with E-state index < -0.39 is 5.60 Å². The molecule has 2 N–H and O–H groups in total. The molecule has 3 saturated carbocycles. The van der Waals surface area contributed by atoms with Crippen LogP contribution in [0.2, 0.25) is 0 Å². The Balaban J connectivity index is 1.07. The van der Waals surface area contributed by atoms with Crippen molar-refractivity contribution in [3.8, 4) is 11.5 Å². The Morgan fingerprint density at radius 2 is 1.95 bits per heavy atom. The van der Waals surface area contributed by atoms with Crippen molar-refractivity contribution in [3.63, 3.8) is 0 Å². The first-order valence-electron chi connectivity index (χ1n) is 13.5. The molecule has 8 heteroatoms. The molecule has 1 amide bonds. The SMILES string of the molecule is Cc1ccc(C=O)c(OC2CC3(CC(NC(=O)c4cnn5c(C6CC6)c(OCC(C)(C)O)ccc45)C3)C2)c1. The van der Waals surface area contributed by atoms with Gasteiger partial charge in [0, 0.05) is 12.0 Å². The number of nitrogens with one attached hydrogen (secondary N) is 1. The topological polar surface area (TPSA) is 102 Å². The van der Waals surface area contributed by atoms with Gasteiger partial charge >= 0.3 is 0 Å². The molecular formula is C30H35N3O5. The second kappa shape index (κ2) is 9.12. The summed E-state index contributed by atoms with van der Waals surface area (Å²) in [5.74, 6) is 1.63. The van der Waals surface area contributed by atoms with E-state index in [1.165, 1.54) is 0 Å². The Morgan fingerprint density at radius 3 is 2.63 bits per heavy atom. The lowest BCUT2D eigenvalue weighted by Gasteiger charge is -2.57. The highest BCUT2D eigenvalue weighted by Gasteiger charge is 2.54. The summed E-state index contributed by atoms with van der Waals surface area (Å²) in [6.07, 6.45) is 8.49. The number of aliphatic hydroxyl groups is 1. The number of aromatic nitrogens is 2. The van der Waals surface area contributed by atoms with Crippen LogP contribution >= 0.6 is 0 Å². The highest BCUT2D eigenvalue weighted by atomic mass is 16.5. The fourth-order valence-electron chi connectivity index (χ4n) is 6.03. The standard InChI is InChI=1S/C30H35N3O5/c1-18-4-5-20(16-34)26(10-18)38-22-13-30(14-22)11-21(12-30)32-28(35)23-15-31-33-24(23)8-9-25(27(33)19-6-7-19)37-17-29(2,3)36/h4-5,8-10,15-16,19,21-22,36H,6-7,11-14,17H2,1-3H3,(H,32,35). The zero-order valence-corrected chi connectivity index (χ0v) is 22.2. The van der Waals surface area contributed by atoms with Crippen LogP contribution in [0.4, 0.5) is 0 Å². The van der Waals surface area contributed by atoms with Crippen molar-refractivity contribution in [2.45, 2.75) is 83.0 Å². The number of pyridine rings is 1. The van der Waals surface area contributed by atoms with Crippen molar-refractivity contribution in [3.05, 3.63) is 58.9 Å². The minimum atomic E-state index is -0.934. The number of carbonyl (C=O) groups excluding carboxylic acids is 2. The van der Waals surface area contributed by atoms with E-state index in [9.17, 15) is 14.7 Å². The largest absolute Gasteiger partial charge is 0.490 e. The smallest absolute Gasteiger partial charge is 0.255 e. The van der Waals surface area contributed by atoms with Crippen molar-refractivity contribution in [2.24, 2.45) is 5.41 Å². The Labute approximate surface area is 222 Å². The Bertz CT molecular complexity index is 1390. The predicted octanol–water partition coefficient (Wildman–Crippen LogP) is 4.60. The van der Waals surface area contributed by atoms with E-state index in [1.54, 1.807) is 26.1 Å². The first-order valence-corrected chi connectivity index (χ1v) is 13.5. The van der Waals surface area contributed by atoms with Crippen molar-refractivity contribution in [2.75, 3.05) is 6.61 Å². The number of aryl methyl sites for hydroxylation is 1. The van der Waals surface area contributed by atoms with E-state index in [0.717, 1.165) is 61.6 Å².